The van der Waals surface area contributed by atoms with E-state index < -0.39 is 0 Å². The second-order valence-corrected chi connectivity index (χ2v) is 6.06. The first-order valence-corrected chi connectivity index (χ1v) is 8.42. The van der Waals surface area contributed by atoms with Crippen molar-refractivity contribution in [3.63, 3.8) is 0 Å². The van der Waals surface area contributed by atoms with Gasteiger partial charge in [-0.25, -0.2) is 4.98 Å². The molecule has 3 rings (SSSR count). The molecule has 0 atom stereocenters. The maximum absolute atomic E-state index is 12.5. The van der Waals surface area contributed by atoms with E-state index in [0.717, 1.165) is 22.1 Å². The number of pyridine rings is 1. The van der Waals surface area contributed by atoms with E-state index in [0.29, 0.717) is 17.2 Å². The molecule has 0 aliphatic rings. The van der Waals surface area contributed by atoms with Gasteiger partial charge in [-0.1, -0.05) is 6.07 Å². The summed E-state index contributed by atoms with van der Waals surface area (Å²) in [5, 5.41) is 3.63. The summed E-state index contributed by atoms with van der Waals surface area (Å²) >= 11 is 1.34. The number of hydrogen-bond donors (Lipinski definition) is 1. The van der Waals surface area contributed by atoms with Gasteiger partial charge in [-0.2, -0.15) is 0 Å². The van der Waals surface area contributed by atoms with Crippen molar-refractivity contribution in [2.75, 3.05) is 11.9 Å². The quantitative estimate of drug-likeness (QED) is 0.758. The minimum absolute atomic E-state index is 0.170. The highest BCUT2D eigenvalue weighted by molar-refractivity contribution is 7.17. The van der Waals surface area contributed by atoms with Crippen LogP contribution in [0.4, 0.5) is 5.69 Å². The van der Waals surface area contributed by atoms with Crippen LogP contribution in [0, 0.1) is 6.92 Å². The first kappa shape index (κ1) is 16.1. The molecule has 0 aliphatic heterocycles. The van der Waals surface area contributed by atoms with Crippen LogP contribution in [-0.2, 0) is 0 Å². The van der Waals surface area contributed by atoms with Crippen LogP contribution in [-0.4, -0.2) is 22.5 Å². The third kappa shape index (κ3) is 3.60. The first-order valence-electron chi connectivity index (χ1n) is 7.60. The van der Waals surface area contributed by atoms with E-state index in [1.165, 1.54) is 11.3 Å². The van der Waals surface area contributed by atoms with Gasteiger partial charge in [0.1, 0.15) is 15.6 Å². The Kier molecular flexibility index (Phi) is 4.86. The van der Waals surface area contributed by atoms with Gasteiger partial charge in [-0.3, -0.25) is 9.78 Å². The summed E-state index contributed by atoms with van der Waals surface area (Å²) in [4.78, 5) is 21.8. The van der Waals surface area contributed by atoms with E-state index in [9.17, 15) is 4.79 Å². The zero-order chi connectivity index (χ0) is 16.9. The van der Waals surface area contributed by atoms with Gasteiger partial charge >= 0.3 is 0 Å². The van der Waals surface area contributed by atoms with E-state index in [2.05, 4.69) is 15.3 Å². The monoisotopic (exact) mass is 339 g/mol. The van der Waals surface area contributed by atoms with Gasteiger partial charge in [-0.05, 0) is 50.2 Å². The van der Waals surface area contributed by atoms with Crippen molar-refractivity contribution in [1.29, 1.82) is 0 Å². The molecule has 0 radical (unpaired) electrons. The topological polar surface area (TPSA) is 64.1 Å². The Balaban J connectivity index is 1.76. The number of anilines is 1. The lowest BCUT2D eigenvalue weighted by atomic mass is 10.3. The molecule has 1 N–H and O–H groups in total. The van der Waals surface area contributed by atoms with Crippen molar-refractivity contribution < 1.29 is 9.53 Å². The number of nitrogens with one attached hydrogen (secondary N) is 1. The molecule has 0 spiro atoms. The molecule has 0 saturated heterocycles. The standard InChI is InChI=1S/C18H17N3O2S/c1-3-23-14-9-7-13(8-10-14)21-17(22)16-12(2)20-18(24-16)15-6-4-5-11-19-15/h4-11H,3H2,1-2H3,(H,21,22). The van der Waals surface area contributed by atoms with Crippen LogP contribution in [0.1, 0.15) is 22.3 Å². The third-order valence-electron chi connectivity index (χ3n) is 3.31. The summed E-state index contributed by atoms with van der Waals surface area (Å²) in [6.07, 6.45) is 1.71. The van der Waals surface area contributed by atoms with Crippen LogP contribution in [0.3, 0.4) is 0 Å². The summed E-state index contributed by atoms with van der Waals surface area (Å²) in [5.74, 6) is 0.609. The average molecular weight is 339 g/mol. The molecule has 3 aromatic rings. The van der Waals surface area contributed by atoms with Gasteiger partial charge in [0.25, 0.3) is 5.91 Å². The Bertz CT molecular complexity index is 829. The molecule has 24 heavy (non-hydrogen) atoms. The van der Waals surface area contributed by atoms with Crippen molar-refractivity contribution in [2.45, 2.75) is 13.8 Å². The smallest absolute Gasteiger partial charge is 0.267 e. The zero-order valence-corrected chi connectivity index (χ0v) is 14.3. The summed E-state index contributed by atoms with van der Waals surface area (Å²) < 4.78 is 5.39. The van der Waals surface area contributed by atoms with Crippen LogP contribution in [0.2, 0.25) is 0 Å². The second-order valence-electron chi connectivity index (χ2n) is 5.06. The molecule has 0 unspecified atom stereocenters. The highest BCUT2D eigenvalue weighted by Crippen LogP contribution is 2.27. The van der Waals surface area contributed by atoms with Gasteiger partial charge < -0.3 is 10.1 Å². The molecule has 1 aromatic carbocycles. The van der Waals surface area contributed by atoms with E-state index in [-0.39, 0.29) is 5.91 Å². The zero-order valence-electron chi connectivity index (χ0n) is 13.4. The summed E-state index contributed by atoms with van der Waals surface area (Å²) in [5.41, 5.74) is 2.19. The van der Waals surface area contributed by atoms with Gasteiger partial charge in [0, 0.05) is 11.9 Å². The van der Waals surface area contributed by atoms with Crippen LogP contribution in [0.5, 0.6) is 5.75 Å². The number of nitrogens with zero attached hydrogens (tertiary/aromatic N) is 2. The number of benzene rings is 1. The van der Waals surface area contributed by atoms with E-state index >= 15 is 0 Å². The van der Waals surface area contributed by atoms with Crippen LogP contribution >= 0.6 is 11.3 Å². The summed E-state index contributed by atoms with van der Waals surface area (Å²) in [6, 6.07) is 12.9. The molecular formula is C18H17N3O2S. The molecular weight excluding hydrogens is 322 g/mol. The number of rotatable bonds is 5. The molecule has 6 heteroatoms. The number of hydrogen-bond acceptors (Lipinski definition) is 5. The van der Waals surface area contributed by atoms with E-state index in [1.54, 1.807) is 6.20 Å². The highest BCUT2D eigenvalue weighted by Gasteiger charge is 2.16. The fraction of sp³-hybridized carbons (Fsp3) is 0.167. The fourth-order valence-electron chi connectivity index (χ4n) is 2.19. The van der Waals surface area contributed by atoms with Gasteiger partial charge in [0.2, 0.25) is 0 Å². The number of carbonyl (C=O) groups excluding carboxylic acids is 1. The Labute approximate surface area is 144 Å². The Hall–Kier alpha value is -2.73. The van der Waals surface area contributed by atoms with Gasteiger partial charge in [-0.15, -0.1) is 11.3 Å². The maximum atomic E-state index is 12.5. The van der Waals surface area contributed by atoms with E-state index in [1.807, 2.05) is 56.3 Å². The Morgan fingerprint density at radius 1 is 1.21 bits per heavy atom. The van der Waals surface area contributed by atoms with Crippen molar-refractivity contribution in [2.24, 2.45) is 0 Å². The average Bonchev–Trinajstić information content (AvgIpc) is 3.00. The number of carbonyl (C=O) groups is 1. The second kappa shape index (κ2) is 7.23. The minimum atomic E-state index is -0.170. The molecule has 0 bridgehead atoms. The molecule has 0 fully saturated rings. The lowest BCUT2D eigenvalue weighted by Gasteiger charge is -2.06. The molecule has 1 amide bonds. The lowest BCUT2D eigenvalue weighted by Crippen LogP contribution is -2.11. The van der Waals surface area contributed by atoms with E-state index in [4.69, 9.17) is 4.74 Å². The fourth-order valence-corrected chi connectivity index (χ4v) is 3.13. The van der Waals surface area contributed by atoms with Crippen molar-refractivity contribution in [1.82, 2.24) is 9.97 Å². The largest absolute Gasteiger partial charge is 0.494 e. The number of aromatic nitrogens is 2. The Morgan fingerprint density at radius 3 is 2.67 bits per heavy atom. The third-order valence-corrected chi connectivity index (χ3v) is 4.49. The number of ether oxygens (including phenoxy) is 1. The molecule has 0 aliphatic carbocycles. The molecule has 0 saturated carbocycles. The molecule has 2 aromatic heterocycles. The van der Waals surface area contributed by atoms with Crippen LogP contribution in [0.25, 0.3) is 10.7 Å². The van der Waals surface area contributed by atoms with Crippen molar-refractivity contribution in [3.05, 3.63) is 59.2 Å². The van der Waals surface area contributed by atoms with Crippen LogP contribution < -0.4 is 10.1 Å². The van der Waals surface area contributed by atoms with Gasteiger partial charge in [0.15, 0.2) is 0 Å². The predicted octanol–water partition coefficient (Wildman–Crippen LogP) is 4.16. The van der Waals surface area contributed by atoms with Crippen molar-refractivity contribution in [3.8, 4) is 16.5 Å². The summed E-state index contributed by atoms with van der Waals surface area (Å²) in [7, 11) is 0. The minimum Gasteiger partial charge on any atom is -0.494 e. The van der Waals surface area contributed by atoms with Crippen LogP contribution in [0.15, 0.2) is 48.7 Å². The molecule has 2 heterocycles. The normalized spacial score (nSPS) is 10.4. The number of amides is 1. The van der Waals surface area contributed by atoms with Gasteiger partial charge in [0.05, 0.1) is 18.0 Å². The molecule has 5 nitrogen and oxygen atoms in total. The predicted molar refractivity (Wildman–Crippen MR) is 95.6 cm³/mol. The highest BCUT2D eigenvalue weighted by atomic mass is 32.1. The molecule has 122 valence electrons. The number of thiazole rings is 1. The van der Waals surface area contributed by atoms with Crippen molar-refractivity contribution >= 4 is 22.9 Å². The first-order chi connectivity index (χ1) is 11.7. The Morgan fingerprint density at radius 2 is 2.00 bits per heavy atom. The number of aryl methyl sites for hydroxylation is 1. The SMILES string of the molecule is CCOc1ccc(NC(=O)c2sc(-c3ccccn3)nc2C)cc1. The maximum Gasteiger partial charge on any atom is 0.267 e. The summed E-state index contributed by atoms with van der Waals surface area (Å²) in [6.45, 7) is 4.37. The lowest BCUT2D eigenvalue weighted by molar-refractivity contribution is 0.103.